The number of aromatic nitrogens is 1. The zero-order valence-electron chi connectivity index (χ0n) is 12.9. The second-order valence-corrected chi connectivity index (χ2v) is 5.44. The lowest BCUT2D eigenvalue weighted by Gasteiger charge is -2.25. The fourth-order valence-corrected chi connectivity index (χ4v) is 2.86. The second kappa shape index (κ2) is 7.27. The molecule has 0 aliphatic carbocycles. The van der Waals surface area contributed by atoms with Crippen LogP contribution in [0.15, 0.2) is 48.7 Å². The summed E-state index contributed by atoms with van der Waals surface area (Å²) in [6.45, 7) is 4.55. The van der Waals surface area contributed by atoms with Gasteiger partial charge in [-0.25, -0.2) is 4.98 Å². The number of hydrogen-bond acceptors (Lipinski definition) is 4. The summed E-state index contributed by atoms with van der Waals surface area (Å²) in [6, 6.07) is 14.2. The molecule has 1 aromatic carbocycles. The molecule has 2 aromatic rings. The van der Waals surface area contributed by atoms with Gasteiger partial charge in [-0.05, 0) is 37.6 Å². The highest BCUT2D eigenvalue weighted by atomic mass is 16.5. The van der Waals surface area contributed by atoms with E-state index < -0.39 is 0 Å². The van der Waals surface area contributed by atoms with E-state index in [2.05, 4.69) is 34.6 Å². The minimum atomic E-state index is 0.0135. The minimum absolute atomic E-state index is 0.0135. The molecule has 1 aliphatic heterocycles. The lowest BCUT2D eigenvalue weighted by molar-refractivity contribution is 0.136. The first-order valence-corrected chi connectivity index (χ1v) is 7.88. The SMILES string of the molecule is CCOc1ncccc1O[C@@H](c1ccccc1)[C@H]1CCNC1. The van der Waals surface area contributed by atoms with Crippen molar-refractivity contribution in [2.24, 2.45) is 5.92 Å². The van der Waals surface area contributed by atoms with Gasteiger partial charge in [-0.15, -0.1) is 0 Å². The van der Waals surface area contributed by atoms with Crippen LogP contribution < -0.4 is 14.8 Å². The van der Waals surface area contributed by atoms with Crippen LogP contribution in [-0.4, -0.2) is 24.7 Å². The minimum Gasteiger partial charge on any atom is -0.480 e. The topological polar surface area (TPSA) is 43.4 Å². The fraction of sp³-hybridized carbons (Fsp3) is 0.389. The molecule has 4 heteroatoms. The smallest absolute Gasteiger partial charge is 0.257 e. The Bertz CT molecular complexity index is 583. The van der Waals surface area contributed by atoms with Gasteiger partial charge < -0.3 is 14.8 Å². The molecule has 4 nitrogen and oxygen atoms in total. The van der Waals surface area contributed by atoms with E-state index in [4.69, 9.17) is 9.47 Å². The van der Waals surface area contributed by atoms with E-state index in [-0.39, 0.29) is 6.10 Å². The molecule has 1 aromatic heterocycles. The summed E-state index contributed by atoms with van der Waals surface area (Å²) >= 11 is 0. The van der Waals surface area contributed by atoms with Gasteiger partial charge in [0.25, 0.3) is 5.88 Å². The van der Waals surface area contributed by atoms with Gasteiger partial charge in [0.15, 0.2) is 5.75 Å². The van der Waals surface area contributed by atoms with Crippen molar-refractivity contribution in [3.63, 3.8) is 0 Å². The van der Waals surface area contributed by atoms with Gasteiger partial charge in [-0.2, -0.15) is 0 Å². The first-order chi connectivity index (χ1) is 10.9. The van der Waals surface area contributed by atoms with Gasteiger partial charge in [-0.3, -0.25) is 0 Å². The standard InChI is InChI=1S/C18H22N2O2/c1-2-21-18-16(9-6-11-20-18)22-17(15-10-12-19-13-15)14-7-4-3-5-8-14/h3-9,11,15,17,19H,2,10,12-13H2,1H3/t15-,17-/m0/s1. The normalized spacial score (nSPS) is 18.9. The van der Waals surface area contributed by atoms with E-state index in [9.17, 15) is 0 Å². The Morgan fingerprint density at radius 2 is 2.09 bits per heavy atom. The highest BCUT2D eigenvalue weighted by Gasteiger charge is 2.28. The number of hydrogen-bond donors (Lipinski definition) is 1. The van der Waals surface area contributed by atoms with Crippen molar-refractivity contribution in [3.8, 4) is 11.6 Å². The molecule has 0 unspecified atom stereocenters. The predicted molar refractivity (Wildman–Crippen MR) is 86.2 cm³/mol. The summed E-state index contributed by atoms with van der Waals surface area (Å²) < 4.78 is 11.9. The molecule has 1 saturated heterocycles. The molecule has 1 N–H and O–H groups in total. The van der Waals surface area contributed by atoms with Crippen LogP contribution in [0, 0.1) is 5.92 Å². The third kappa shape index (κ3) is 3.39. The van der Waals surface area contributed by atoms with E-state index in [1.165, 1.54) is 5.56 Å². The molecule has 0 saturated carbocycles. The van der Waals surface area contributed by atoms with Crippen molar-refractivity contribution >= 4 is 0 Å². The van der Waals surface area contributed by atoms with Crippen LogP contribution in [0.3, 0.4) is 0 Å². The van der Waals surface area contributed by atoms with Crippen molar-refractivity contribution in [2.75, 3.05) is 19.7 Å². The molecule has 116 valence electrons. The average Bonchev–Trinajstić information content (AvgIpc) is 3.09. The molecular formula is C18H22N2O2. The lowest BCUT2D eigenvalue weighted by Crippen LogP contribution is -2.21. The zero-order valence-corrected chi connectivity index (χ0v) is 12.9. The number of pyridine rings is 1. The Balaban J connectivity index is 1.87. The molecular weight excluding hydrogens is 276 g/mol. The van der Waals surface area contributed by atoms with E-state index in [1.807, 2.05) is 25.1 Å². The summed E-state index contributed by atoms with van der Waals surface area (Å²) in [6.07, 6.45) is 2.86. The highest BCUT2D eigenvalue weighted by molar-refractivity contribution is 5.34. The quantitative estimate of drug-likeness (QED) is 0.889. The molecule has 2 heterocycles. The van der Waals surface area contributed by atoms with Gasteiger partial charge in [0.2, 0.25) is 0 Å². The van der Waals surface area contributed by atoms with Gasteiger partial charge in [0.1, 0.15) is 6.10 Å². The van der Waals surface area contributed by atoms with Crippen molar-refractivity contribution < 1.29 is 9.47 Å². The fourth-order valence-electron chi connectivity index (χ4n) is 2.86. The van der Waals surface area contributed by atoms with Crippen LogP contribution in [0.4, 0.5) is 0 Å². The Kier molecular flexibility index (Phi) is 4.91. The monoisotopic (exact) mass is 298 g/mol. The molecule has 1 fully saturated rings. The van der Waals surface area contributed by atoms with Gasteiger partial charge >= 0.3 is 0 Å². The summed E-state index contributed by atoms with van der Waals surface area (Å²) in [5, 5.41) is 3.42. The second-order valence-electron chi connectivity index (χ2n) is 5.44. The number of rotatable bonds is 6. The molecule has 1 aliphatic rings. The maximum Gasteiger partial charge on any atom is 0.257 e. The number of nitrogens with one attached hydrogen (secondary N) is 1. The van der Waals surface area contributed by atoms with Crippen molar-refractivity contribution in [1.82, 2.24) is 10.3 Å². The van der Waals surface area contributed by atoms with E-state index in [1.54, 1.807) is 6.20 Å². The van der Waals surface area contributed by atoms with Crippen LogP contribution >= 0.6 is 0 Å². The number of nitrogens with zero attached hydrogens (tertiary/aromatic N) is 1. The Hall–Kier alpha value is -2.07. The van der Waals surface area contributed by atoms with Crippen LogP contribution in [-0.2, 0) is 0 Å². The maximum absolute atomic E-state index is 6.34. The number of benzene rings is 1. The van der Waals surface area contributed by atoms with E-state index >= 15 is 0 Å². The molecule has 2 atom stereocenters. The summed E-state index contributed by atoms with van der Waals surface area (Å²) in [4.78, 5) is 4.28. The number of ether oxygens (including phenoxy) is 2. The van der Waals surface area contributed by atoms with Crippen LogP contribution in [0.1, 0.15) is 25.0 Å². The molecule has 0 radical (unpaired) electrons. The molecule has 0 amide bonds. The maximum atomic E-state index is 6.34. The predicted octanol–water partition coefficient (Wildman–Crippen LogP) is 3.21. The van der Waals surface area contributed by atoms with Gasteiger partial charge in [0, 0.05) is 18.7 Å². The third-order valence-electron chi connectivity index (χ3n) is 3.93. The van der Waals surface area contributed by atoms with E-state index in [0.717, 1.165) is 19.5 Å². The largest absolute Gasteiger partial charge is 0.480 e. The van der Waals surface area contributed by atoms with Gasteiger partial charge in [0.05, 0.1) is 6.61 Å². The van der Waals surface area contributed by atoms with Crippen molar-refractivity contribution in [2.45, 2.75) is 19.4 Å². The Morgan fingerprint density at radius 1 is 1.23 bits per heavy atom. The average molecular weight is 298 g/mol. The van der Waals surface area contributed by atoms with Crippen LogP contribution in [0.5, 0.6) is 11.6 Å². The summed E-state index contributed by atoms with van der Waals surface area (Å²) in [5.41, 5.74) is 1.20. The summed E-state index contributed by atoms with van der Waals surface area (Å²) in [5.74, 6) is 1.74. The Morgan fingerprint density at radius 3 is 2.82 bits per heavy atom. The summed E-state index contributed by atoms with van der Waals surface area (Å²) in [7, 11) is 0. The molecule has 22 heavy (non-hydrogen) atoms. The van der Waals surface area contributed by atoms with Crippen LogP contribution in [0.25, 0.3) is 0 Å². The Labute approximate surface area is 131 Å². The van der Waals surface area contributed by atoms with Gasteiger partial charge in [-0.1, -0.05) is 30.3 Å². The molecule has 0 bridgehead atoms. The zero-order chi connectivity index (χ0) is 15.2. The first-order valence-electron chi connectivity index (χ1n) is 7.88. The van der Waals surface area contributed by atoms with Crippen LogP contribution in [0.2, 0.25) is 0 Å². The lowest BCUT2D eigenvalue weighted by atomic mass is 9.95. The van der Waals surface area contributed by atoms with Crippen molar-refractivity contribution in [1.29, 1.82) is 0 Å². The highest BCUT2D eigenvalue weighted by Crippen LogP contribution is 2.35. The third-order valence-corrected chi connectivity index (χ3v) is 3.93. The van der Waals surface area contributed by atoms with Crippen molar-refractivity contribution in [3.05, 3.63) is 54.2 Å². The first kappa shape index (κ1) is 14.9. The molecule has 0 spiro atoms. The van der Waals surface area contributed by atoms with E-state index in [0.29, 0.717) is 24.2 Å². The molecule has 3 rings (SSSR count).